The number of aldehydes is 1. The van der Waals surface area contributed by atoms with Gasteiger partial charge in [0.05, 0.1) is 25.7 Å². The largest absolute Gasteiger partial charge is 0.472 e. The van der Waals surface area contributed by atoms with Crippen molar-refractivity contribution in [2.45, 2.75) is 352 Å². The molecule has 0 aromatic carbocycles. The highest BCUT2D eigenvalue weighted by Gasteiger charge is 2.53. The number of unbranched alkanes of at least 4 members (excludes halogenated alkanes) is 30. The number of aliphatic hydroxyl groups is 2. The van der Waals surface area contributed by atoms with Crippen LogP contribution in [0.1, 0.15) is 285 Å². The molecule has 89 heavy (non-hydrogen) atoms. The van der Waals surface area contributed by atoms with E-state index >= 15 is 0 Å². The number of carbonyl (C=O) groups excluding carboxylic acids is 3. The van der Waals surface area contributed by atoms with E-state index in [9.17, 15) is 53.3 Å². The summed E-state index contributed by atoms with van der Waals surface area (Å²) in [5, 5.41) is 29.8. The number of allylic oxidation sites excluding steroid dienone is 2. The second-order valence-corrected chi connectivity index (χ2v) is 27.4. The summed E-state index contributed by atoms with van der Waals surface area (Å²) in [6.45, 7) is 7.79. The Kier molecular flexibility index (Phi) is 49.4. The van der Waals surface area contributed by atoms with Crippen molar-refractivity contribution in [3.8, 4) is 0 Å². The fraction of sp³-hybridized carbons (Fsp3) is 0.924. The molecule has 2 aliphatic rings. The van der Waals surface area contributed by atoms with Crippen molar-refractivity contribution in [3.05, 3.63) is 12.2 Å². The van der Waals surface area contributed by atoms with Crippen LogP contribution in [-0.2, 0) is 61.0 Å². The van der Waals surface area contributed by atoms with E-state index in [0.29, 0.717) is 25.7 Å². The van der Waals surface area contributed by atoms with E-state index in [4.69, 9.17) is 37.5 Å². The van der Waals surface area contributed by atoms with E-state index in [1.807, 2.05) is 0 Å². The van der Waals surface area contributed by atoms with Gasteiger partial charge in [0.2, 0.25) is 5.91 Å². The van der Waals surface area contributed by atoms with Crippen molar-refractivity contribution in [1.29, 1.82) is 0 Å². The lowest BCUT2D eigenvalue weighted by Gasteiger charge is -2.48. The molecule has 2 heterocycles. The van der Waals surface area contributed by atoms with Crippen LogP contribution in [0, 0.1) is 5.92 Å². The minimum atomic E-state index is -5.40. The summed E-state index contributed by atoms with van der Waals surface area (Å²) in [5.74, 6) is -1.48. The molecule has 21 nitrogen and oxygen atoms in total. The lowest BCUT2D eigenvalue weighted by Crippen LogP contribution is -2.68. The Morgan fingerprint density at radius 2 is 0.989 bits per heavy atom. The molecule has 0 bridgehead atoms. The number of phosphoric ester groups is 2. The summed E-state index contributed by atoms with van der Waals surface area (Å²) in [6, 6.07) is -2.79. The maximum Gasteiger partial charge on any atom is 0.472 e. The van der Waals surface area contributed by atoms with Gasteiger partial charge in [-0.3, -0.25) is 24.0 Å². The Labute approximate surface area is 536 Å². The molecular weight excluding hydrogens is 1190 g/mol. The molecule has 524 valence electrons. The van der Waals surface area contributed by atoms with Crippen LogP contribution < -0.4 is 10.6 Å². The summed E-state index contributed by atoms with van der Waals surface area (Å²) < 4.78 is 73.4. The number of ether oxygens (including phenoxy) is 6. The van der Waals surface area contributed by atoms with Crippen LogP contribution in [0.25, 0.3) is 0 Å². The third-order valence-corrected chi connectivity index (χ3v) is 17.9. The molecule has 23 heteroatoms. The van der Waals surface area contributed by atoms with Gasteiger partial charge in [0.15, 0.2) is 12.6 Å². The standard InChI is InChI=1S/C66H126N2O19P2/c1-6-10-14-18-21-24-25-26-27-28-29-31-33-37-41-45-57(71)67-60-64(82-48-46-53(50-69)43-39-35-17-13-9-4)62(86-88(74,75)76)56(51-80-5)85-65(60)83-52-55-61(73)63(81-47-42-38-34-23-20-16-12-8-3)59(66(84-55)87-89(77,78)79)68-58(72)49-54(70)44-40-36-32-30-22-19-15-11-7-2/h24-25,50,53,55-57,59-67,71,73H,6-23,26-49,51-52H2,1-5H3,(H,68,72)(H2,74,75,76)(H2,77,78,79)/b25-24-/t53-,55?,56-,57-,59-,60-,61-,62-,63-,64-,65-,66-/m1/s1. The van der Waals surface area contributed by atoms with Crippen molar-refractivity contribution >= 4 is 33.6 Å². The zero-order valence-corrected chi connectivity index (χ0v) is 57.4. The van der Waals surface area contributed by atoms with Gasteiger partial charge >= 0.3 is 15.6 Å². The molecule has 0 spiro atoms. The van der Waals surface area contributed by atoms with Crippen LogP contribution in [0.3, 0.4) is 0 Å². The molecule has 12 atom stereocenters. The number of hydrogen-bond acceptors (Lipinski definition) is 16. The van der Waals surface area contributed by atoms with Crippen LogP contribution >= 0.6 is 15.6 Å². The average Bonchev–Trinajstić information content (AvgIpc) is 1.50. The average molecular weight is 1310 g/mol. The second kappa shape index (κ2) is 52.7. The molecule has 0 aromatic heterocycles. The van der Waals surface area contributed by atoms with Gasteiger partial charge in [-0.2, -0.15) is 0 Å². The smallest absolute Gasteiger partial charge is 0.388 e. The fourth-order valence-corrected chi connectivity index (χ4v) is 12.8. The van der Waals surface area contributed by atoms with Gasteiger partial charge < -0.3 is 68.3 Å². The number of nitrogens with one attached hydrogen (secondary N) is 2. The molecular formula is C66H126N2O19P2. The van der Waals surface area contributed by atoms with Gasteiger partial charge in [-0.1, -0.05) is 220 Å². The van der Waals surface area contributed by atoms with Gasteiger partial charge in [0.1, 0.15) is 61.0 Å². The third-order valence-electron chi connectivity index (χ3n) is 16.9. The molecule has 2 aliphatic heterocycles. The summed E-state index contributed by atoms with van der Waals surface area (Å²) in [4.78, 5) is 80.4. The number of methoxy groups -OCH3 is 1. The maximum absolute atomic E-state index is 13.7. The third kappa shape index (κ3) is 41.1. The first-order chi connectivity index (χ1) is 42.9. The molecule has 0 aliphatic carbocycles. The van der Waals surface area contributed by atoms with E-state index in [0.717, 1.165) is 160 Å². The zero-order valence-electron chi connectivity index (χ0n) is 55.7. The van der Waals surface area contributed by atoms with Gasteiger partial charge in [0.25, 0.3) is 0 Å². The highest BCUT2D eigenvalue weighted by Crippen LogP contribution is 2.44. The van der Waals surface area contributed by atoms with Gasteiger partial charge in [-0.25, -0.2) is 9.13 Å². The van der Waals surface area contributed by atoms with Crippen molar-refractivity contribution in [2.24, 2.45) is 5.92 Å². The number of phosphoric acid groups is 2. The first-order valence-electron chi connectivity index (χ1n) is 35.1. The van der Waals surface area contributed by atoms with Crippen LogP contribution in [-0.4, -0.2) is 149 Å². The highest BCUT2D eigenvalue weighted by molar-refractivity contribution is 7.46. The van der Waals surface area contributed by atoms with E-state index in [2.05, 4.69) is 50.5 Å². The second-order valence-electron chi connectivity index (χ2n) is 25.0. The van der Waals surface area contributed by atoms with E-state index in [-0.39, 0.29) is 50.8 Å². The molecule has 0 aromatic rings. The Hall–Kier alpha value is -1.59. The van der Waals surface area contributed by atoms with Crippen molar-refractivity contribution in [1.82, 2.24) is 10.6 Å². The number of amides is 1. The summed E-state index contributed by atoms with van der Waals surface area (Å²) in [7, 11) is -9.32. The molecule has 2 fully saturated rings. The number of hydrogen-bond donors (Lipinski definition) is 8. The molecule has 0 saturated carbocycles. The highest BCUT2D eigenvalue weighted by atomic mass is 31.2. The predicted octanol–water partition coefficient (Wildman–Crippen LogP) is 13.2. The van der Waals surface area contributed by atoms with Crippen LogP contribution in [0.15, 0.2) is 12.2 Å². The molecule has 2 rings (SSSR count). The number of carbonyl (C=O) groups is 3. The lowest BCUT2D eigenvalue weighted by atomic mass is 9.95. The van der Waals surface area contributed by atoms with Crippen molar-refractivity contribution < 1.29 is 90.8 Å². The normalized spacial score (nSPS) is 23.3. The maximum atomic E-state index is 13.7. The number of aliphatic hydroxyl groups excluding tert-OH is 2. The Balaban J connectivity index is 2.45. The first kappa shape index (κ1) is 83.5. The van der Waals surface area contributed by atoms with Gasteiger partial charge in [-0.05, 0) is 64.2 Å². The van der Waals surface area contributed by atoms with Gasteiger partial charge in [0, 0.05) is 32.7 Å². The Bertz CT molecular complexity index is 1880. The predicted molar refractivity (Wildman–Crippen MR) is 347 cm³/mol. The summed E-state index contributed by atoms with van der Waals surface area (Å²) in [6.07, 6.45) is 29.2. The van der Waals surface area contributed by atoms with E-state index < -0.39 is 102 Å². The monoisotopic (exact) mass is 1310 g/mol. The van der Waals surface area contributed by atoms with Crippen molar-refractivity contribution in [3.63, 3.8) is 0 Å². The van der Waals surface area contributed by atoms with E-state index in [1.54, 1.807) is 0 Å². The van der Waals surface area contributed by atoms with Crippen LogP contribution in [0.2, 0.25) is 0 Å². The fourth-order valence-electron chi connectivity index (χ4n) is 11.8. The minimum Gasteiger partial charge on any atom is -0.388 e. The zero-order chi connectivity index (χ0) is 65.4. The molecule has 1 unspecified atom stereocenters. The minimum absolute atomic E-state index is 0.0677. The number of ketones is 1. The molecule has 1 amide bonds. The van der Waals surface area contributed by atoms with Crippen LogP contribution in [0.5, 0.6) is 0 Å². The Morgan fingerprint density at radius 1 is 0.517 bits per heavy atom. The quantitative estimate of drug-likeness (QED) is 0.00701. The number of Topliss-reactive ketones (excluding diaryl/α,β-unsaturated/α-hetero) is 1. The lowest BCUT2D eigenvalue weighted by molar-refractivity contribution is -0.303. The molecule has 8 N–H and O–H groups in total. The molecule has 2 saturated heterocycles. The van der Waals surface area contributed by atoms with Crippen LogP contribution in [0.4, 0.5) is 0 Å². The molecule has 0 radical (unpaired) electrons. The van der Waals surface area contributed by atoms with Gasteiger partial charge in [-0.15, -0.1) is 0 Å². The first-order valence-corrected chi connectivity index (χ1v) is 38.1. The Morgan fingerprint density at radius 3 is 1.52 bits per heavy atom. The summed E-state index contributed by atoms with van der Waals surface area (Å²) >= 11 is 0. The van der Waals surface area contributed by atoms with E-state index in [1.165, 1.54) is 58.5 Å². The summed E-state index contributed by atoms with van der Waals surface area (Å²) in [5.41, 5.74) is 0. The number of rotatable bonds is 60. The van der Waals surface area contributed by atoms with Crippen molar-refractivity contribution in [2.75, 3.05) is 33.5 Å². The topological polar surface area (TPSA) is 305 Å². The SMILES string of the molecule is CCCCCC/C=C\CCCCCCCCC[C@@H](O)N[C@H]1[C@H](OCC2O[C@H](OP(=O)(O)O)[C@H](NC(=O)CC(=O)CCCCCCCCCCC)[C@@H](OCCCCCCCCCC)[C@@H]2O)O[C@H](COC)[C@@H](OP(=O)(O)O)[C@@H]1OCC[C@H](C=O)CCCCCCC.